The number of imidazole rings is 1. The minimum atomic E-state index is -1.65. The minimum absolute atomic E-state index is 0.0107. The van der Waals surface area contributed by atoms with Crippen LogP contribution < -0.4 is 9.47 Å². The van der Waals surface area contributed by atoms with Crippen LogP contribution in [0.1, 0.15) is 12.6 Å². The molecule has 0 N–H and O–H groups in total. The molecular formula is C19H20ClN3O6S. The Hall–Kier alpha value is -2.69. The lowest BCUT2D eigenvalue weighted by Gasteiger charge is -2.14. The third kappa shape index (κ3) is 4.72. The van der Waals surface area contributed by atoms with Crippen molar-refractivity contribution in [2.75, 3.05) is 20.8 Å². The molecule has 0 aliphatic carbocycles. The number of nitrogens with zero attached hydrogens (tertiary/aromatic N) is 3. The maximum atomic E-state index is 13.2. The van der Waals surface area contributed by atoms with Gasteiger partial charge in [0, 0.05) is 28.5 Å². The summed E-state index contributed by atoms with van der Waals surface area (Å²) in [6, 6.07) is 6.68. The summed E-state index contributed by atoms with van der Waals surface area (Å²) in [6.45, 7) is 1.61. The molecule has 3 aromatic rings. The van der Waals surface area contributed by atoms with Gasteiger partial charge < -0.3 is 23.5 Å². The van der Waals surface area contributed by atoms with Gasteiger partial charge in [0.2, 0.25) is 0 Å². The Morgan fingerprint density at radius 1 is 1.23 bits per heavy atom. The van der Waals surface area contributed by atoms with E-state index < -0.39 is 17.3 Å². The Morgan fingerprint density at radius 3 is 2.73 bits per heavy atom. The highest BCUT2D eigenvalue weighted by Crippen LogP contribution is 2.32. The van der Waals surface area contributed by atoms with Crippen LogP contribution >= 0.6 is 11.6 Å². The summed E-state index contributed by atoms with van der Waals surface area (Å²) in [6.07, 6.45) is 0.703. The maximum Gasteiger partial charge on any atom is 0.510 e. The first-order valence-corrected chi connectivity index (χ1v) is 10.6. The first-order chi connectivity index (χ1) is 14.5. The number of fused-ring (bicyclic) bond motifs is 1. The lowest BCUT2D eigenvalue weighted by Crippen LogP contribution is -2.17. The molecule has 0 bridgehead atoms. The number of hydrogen-bond donors (Lipinski definition) is 0. The molecule has 0 spiro atoms. The summed E-state index contributed by atoms with van der Waals surface area (Å²) in [5.74, 6) is 0.879. The molecule has 30 heavy (non-hydrogen) atoms. The molecule has 1 atom stereocenters. The van der Waals surface area contributed by atoms with E-state index in [0.717, 1.165) is 0 Å². The zero-order chi connectivity index (χ0) is 21.7. The fraction of sp³-hybridized carbons (Fsp3) is 0.316. The topological polar surface area (TPSA) is 108 Å². The van der Waals surface area contributed by atoms with E-state index in [4.69, 9.17) is 30.5 Å². The van der Waals surface area contributed by atoms with E-state index in [2.05, 4.69) is 9.97 Å². The van der Waals surface area contributed by atoms with Gasteiger partial charge in [0.15, 0.2) is 24.0 Å². The molecule has 160 valence electrons. The van der Waals surface area contributed by atoms with E-state index in [0.29, 0.717) is 33.2 Å². The quantitative estimate of drug-likeness (QED) is 0.376. The predicted molar refractivity (Wildman–Crippen MR) is 110 cm³/mol. The zero-order valence-electron chi connectivity index (χ0n) is 16.6. The number of carbonyl (C=O) groups is 1. The van der Waals surface area contributed by atoms with Crippen molar-refractivity contribution < 1.29 is 28.3 Å². The van der Waals surface area contributed by atoms with Crippen LogP contribution in [-0.2, 0) is 33.1 Å². The van der Waals surface area contributed by atoms with E-state index in [1.807, 2.05) is 0 Å². The minimum Gasteiger partial charge on any atom is -0.609 e. The van der Waals surface area contributed by atoms with Crippen LogP contribution in [0.4, 0.5) is 4.79 Å². The highest BCUT2D eigenvalue weighted by atomic mass is 35.5. The second kappa shape index (κ2) is 9.88. The molecule has 0 saturated carbocycles. The number of halogens is 1. The van der Waals surface area contributed by atoms with E-state index in [1.54, 1.807) is 37.4 Å². The van der Waals surface area contributed by atoms with Gasteiger partial charge in [-0.05, 0) is 25.1 Å². The smallest absolute Gasteiger partial charge is 0.510 e. The third-order valence-electron chi connectivity index (χ3n) is 4.09. The fourth-order valence-corrected chi connectivity index (χ4v) is 4.14. The second-order valence-corrected chi connectivity index (χ2v) is 7.68. The Balaban J connectivity index is 1.96. The van der Waals surface area contributed by atoms with Gasteiger partial charge in [-0.25, -0.2) is 9.36 Å². The average molecular weight is 454 g/mol. The maximum absolute atomic E-state index is 13.2. The molecule has 2 aromatic heterocycles. The number of ether oxygens (including phenoxy) is 4. The van der Waals surface area contributed by atoms with E-state index in [9.17, 15) is 9.35 Å². The third-order valence-corrected chi connectivity index (χ3v) is 5.58. The van der Waals surface area contributed by atoms with Gasteiger partial charge in [-0.15, -0.1) is 0 Å². The van der Waals surface area contributed by atoms with Crippen LogP contribution in [0.5, 0.6) is 11.5 Å². The van der Waals surface area contributed by atoms with Crippen LogP contribution in [0.25, 0.3) is 11.0 Å². The molecule has 11 heteroatoms. The average Bonchev–Trinajstić information content (AvgIpc) is 3.10. The number of pyridine rings is 1. The molecule has 0 fully saturated rings. The van der Waals surface area contributed by atoms with Crippen molar-refractivity contribution >= 4 is 40.0 Å². The first-order valence-electron chi connectivity index (χ1n) is 8.88. The molecule has 0 aliphatic rings. The monoisotopic (exact) mass is 453 g/mol. The van der Waals surface area contributed by atoms with Crippen molar-refractivity contribution in [3.63, 3.8) is 0 Å². The van der Waals surface area contributed by atoms with E-state index >= 15 is 0 Å². The number of rotatable bonds is 8. The van der Waals surface area contributed by atoms with Crippen LogP contribution in [0.15, 0.2) is 35.6 Å². The van der Waals surface area contributed by atoms with Crippen LogP contribution in [-0.4, -0.2) is 46.1 Å². The Labute approximate surface area is 181 Å². The lowest BCUT2D eigenvalue weighted by molar-refractivity contribution is 0.0357. The SMILES string of the molecule is CCOC(=O)OCn1c([S+]([O-])Cc2nccc(OC)c2OC)nc2ccc(Cl)cc21. The van der Waals surface area contributed by atoms with Crippen molar-refractivity contribution in [1.29, 1.82) is 0 Å². The van der Waals surface area contributed by atoms with Gasteiger partial charge in [-0.1, -0.05) is 11.6 Å². The highest BCUT2D eigenvalue weighted by Gasteiger charge is 2.26. The van der Waals surface area contributed by atoms with Crippen LogP contribution in [0.2, 0.25) is 5.02 Å². The van der Waals surface area contributed by atoms with Gasteiger partial charge in [0.25, 0.3) is 0 Å². The molecular weight excluding hydrogens is 434 g/mol. The number of aromatic nitrogens is 3. The number of carbonyl (C=O) groups excluding carboxylic acids is 1. The molecule has 0 amide bonds. The molecule has 1 unspecified atom stereocenters. The zero-order valence-corrected chi connectivity index (χ0v) is 18.2. The first kappa shape index (κ1) is 22.0. The summed E-state index contributed by atoms with van der Waals surface area (Å²) in [5, 5.41) is 0.663. The predicted octanol–water partition coefficient (Wildman–Crippen LogP) is 3.54. The van der Waals surface area contributed by atoms with Crippen molar-refractivity contribution in [3.8, 4) is 11.5 Å². The number of methoxy groups -OCH3 is 2. The van der Waals surface area contributed by atoms with E-state index in [-0.39, 0.29) is 24.2 Å². The van der Waals surface area contributed by atoms with Gasteiger partial charge in [0.05, 0.1) is 31.9 Å². The van der Waals surface area contributed by atoms with E-state index in [1.165, 1.54) is 18.8 Å². The highest BCUT2D eigenvalue weighted by molar-refractivity contribution is 7.90. The summed E-state index contributed by atoms with van der Waals surface area (Å²) < 4.78 is 35.3. The summed E-state index contributed by atoms with van der Waals surface area (Å²) >= 11 is 4.46. The summed E-state index contributed by atoms with van der Waals surface area (Å²) in [7, 11) is 2.99. The van der Waals surface area contributed by atoms with Crippen molar-refractivity contribution in [1.82, 2.24) is 14.5 Å². The molecule has 3 rings (SSSR count). The van der Waals surface area contributed by atoms with Crippen molar-refractivity contribution in [3.05, 3.63) is 41.2 Å². The summed E-state index contributed by atoms with van der Waals surface area (Å²) in [5.41, 5.74) is 1.57. The standard InChI is InChI=1S/C19H20ClN3O6S/c1-4-28-19(24)29-11-23-15-9-12(20)5-6-13(15)22-18(23)30(25)10-14-17(27-3)16(26-2)7-8-21-14/h5-9H,4,10-11H2,1-3H3. The number of benzene rings is 1. The summed E-state index contributed by atoms with van der Waals surface area (Å²) in [4.78, 5) is 20.3. The normalized spacial score (nSPS) is 11.9. The van der Waals surface area contributed by atoms with Gasteiger partial charge in [-0.2, -0.15) is 4.98 Å². The van der Waals surface area contributed by atoms with Gasteiger partial charge in [-0.3, -0.25) is 4.98 Å². The lowest BCUT2D eigenvalue weighted by atomic mass is 10.3. The number of hydrogen-bond acceptors (Lipinski definition) is 8. The van der Waals surface area contributed by atoms with Crippen molar-refractivity contribution in [2.45, 2.75) is 24.6 Å². The molecule has 0 saturated heterocycles. The molecule has 9 nitrogen and oxygen atoms in total. The molecule has 0 radical (unpaired) electrons. The Bertz CT molecular complexity index is 1040. The second-order valence-electron chi connectivity index (χ2n) is 5.89. The van der Waals surface area contributed by atoms with Crippen molar-refractivity contribution in [2.24, 2.45) is 0 Å². The molecule has 1 aromatic carbocycles. The fourth-order valence-electron chi connectivity index (χ4n) is 2.79. The Morgan fingerprint density at radius 2 is 2.03 bits per heavy atom. The molecule has 0 aliphatic heterocycles. The van der Waals surface area contributed by atoms with Crippen LogP contribution in [0.3, 0.4) is 0 Å². The largest absolute Gasteiger partial charge is 0.609 e. The molecule has 2 heterocycles. The Kier molecular flexibility index (Phi) is 7.24. The van der Waals surface area contributed by atoms with Crippen LogP contribution in [0, 0.1) is 0 Å². The van der Waals surface area contributed by atoms with Gasteiger partial charge in [0.1, 0.15) is 5.69 Å². The van der Waals surface area contributed by atoms with Gasteiger partial charge >= 0.3 is 11.3 Å².